The van der Waals surface area contributed by atoms with Crippen LogP contribution in [-0.4, -0.2) is 20.7 Å². The highest BCUT2D eigenvalue weighted by molar-refractivity contribution is 7.89. The van der Waals surface area contributed by atoms with Crippen LogP contribution in [-0.2, 0) is 10.0 Å². The molecule has 0 saturated heterocycles. The molecule has 1 heterocycles. The van der Waals surface area contributed by atoms with E-state index in [1.165, 1.54) is 24.3 Å². The maximum Gasteiger partial charge on any atom is 0.244 e. The fourth-order valence-electron chi connectivity index (χ4n) is 3.73. The van der Waals surface area contributed by atoms with Crippen molar-refractivity contribution in [1.82, 2.24) is 10.1 Å². The van der Waals surface area contributed by atoms with Gasteiger partial charge in [0, 0.05) is 16.5 Å². The first-order valence-corrected chi connectivity index (χ1v) is 12.8. The quantitative estimate of drug-likeness (QED) is 0.401. The predicted octanol–water partition coefficient (Wildman–Crippen LogP) is 5.64. The molecule has 3 aromatic rings. The van der Waals surface area contributed by atoms with E-state index in [-0.39, 0.29) is 11.1 Å². The molecule has 10 heteroatoms. The van der Waals surface area contributed by atoms with Crippen molar-refractivity contribution in [2.24, 2.45) is 5.10 Å². The summed E-state index contributed by atoms with van der Waals surface area (Å²) in [5.74, 6) is -0.0939. The van der Waals surface area contributed by atoms with Crippen LogP contribution in [0.25, 0.3) is 0 Å². The predicted molar refractivity (Wildman–Crippen MR) is 131 cm³/mol. The van der Waals surface area contributed by atoms with Gasteiger partial charge in [0.15, 0.2) is 0 Å². The summed E-state index contributed by atoms with van der Waals surface area (Å²) < 4.78 is 48.6. The fraction of sp³-hybridized carbons (Fsp3) is 0.208. The van der Waals surface area contributed by atoms with Gasteiger partial charge < -0.3 is 10.2 Å². The zero-order valence-corrected chi connectivity index (χ0v) is 20.5. The van der Waals surface area contributed by atoms with Gasteiger partial charge in [-0.15, -0.1) is 0 Å². The normalized spacial score (nSPS) is 16.6. The van der Waals surface area contributed by atoms with Gasteiger partial charge in [0.25, 0.3) is 0 Å². The van der Waals surface area contributed by atoms with Gasteiger partial charge in [-0.1, -0.05) is 53.5 Å². The molecule has 0 aromatic heterocycles. The second-order valence-electron chi connectivity index (χ2n) is 7.64. The lowest BCUT2D eigenvalue weighted by Gasteiger charge is -2.21. The number of benzene rings is 3. The first-order chi connectivity index (χ1) is 16.3. The number of hydrazone groups is 1. The Morgan fingerprint density at radius 1 is 1.15 bits per heavy atom. The molecular formula is C24H22Cl2FN3O3S. The van der Waals surface area contributed by atoms with Crippen molar-refractivity contribution in [3.05, 3.63) is 93.7 Å². The number of nitrogens with zero attached hydrogens (tertiary/aromatic N) is 1. The number of hydrogen-bond acceptors (Lipinski definition) is 5. The van der Waals surface area contributed by atoms with Gasteiger partial charge in [-0.3, -0.25) is 0 Å². The van der Waals surface area contributed by atoms with Gasteiger partial charge in [0.05, 0.1) is 24.4 Å². The van der Waals surface area contributed by atoms with Gasteiger partial charge in [-0.25, -0.2) is 12.8 Å². The Labute approximate surface area is 207 Å². The largest absolute Gasteiger partial charge is 0.494 e. The molecule has 0 bridgehead atoms. The molecular weight excluding hydrogens is 500 g/mol. The van der Waals surface area contributed by atoms with Crippen molar-refractivity contribution < 1.29 is 17.5 Å². The Bertz CT molecular complexity index is 1320. The molecule has 1 aliphatic rings. The summed E-state index contributed by atoms with van der Waals surface area (Å²) in [5.41, 5.74) is 4.98. The number of rotatable bonds is 8. The van der Waals surface area contributed by atoms with Crippen LogP contribution in [0.5, 0.6) is 5.75 Å². The summed E-state index contributed by atoms with van der Waals surface area (Å²) in [5, 5.41) is 5.09. The summed E-state index contributed by atoms with van der Waals surface area (Å²) in [6, 6.07) is 16.4. The second kappa shape index (κ2) is 10.3. The number of sulfonamides is 1. The van der Waals surface area contributed by atoms with E-state index in [0.717, 1.165) is 17.4 Å². The molecule has 0 spiro atoms. The minimum Gasteiger partial charge on any atom is -0.494 e. The average Bonchev–Trinajstić information content (AvgIpc) is 3.29. The minimum absolute atomic E-state index is 0.183. The van der Waals surface area contributed by atoms with Crippen LogP contribution in [0.4, 0.5) is 4.39 Å². The third-order valence-corrected chi connectivity index (χ3v) is 7.40. The number of ether oxygens (including phenoxy) is 1. The molecule has 0 amide bonds. The SMILES string of the molecule is CCOc1ccc(C2CC(C(NS(=O)(=O)c3ccccc3F)c3ccc(Cl)cc3Cl)=NN2)cc1. The van der Waals surface area contributed by atoms with Crippen molar-refractivity contribution in [3.63, 3.8) is 0 Å². The molecule has 2 N–H and O–H groups in total. The van der Waals surface area contributed by atoms with Gasteiger partial charge in [0.2, 0.25) is 10.0 Å². The molecule has 0 aliphatic carbocycles. The Balaban J connectivity index is 1.64. The minimum atomic E-state index is -4.24. The van der Waals surface area contributed by atoms with E-state index in [1.54, 1.807) is 12.1 Å². The van der Waals surface area contributed by atoms with E-state index in [9.17, 15) is 12.8 Å². The van der Waals surface area contributed by atoms with Gasteiger partial charge in [-0.2, -0.15) is 9.82 Å². The molecule has 0 fully saturated rings. The molecule has 2 unspecified atom stereocenters. The van der Waals surface area contributed by atoms with E-state index in [2.05, 4.69) is 15.2 Å². The zero-order chi connectivity index (χ0) is 24.3. The van der Waals surface area contributed by atoms with E-state index < -0.39 is 26.8 Å². The molecule has 1 aliphatic heterocycles. The lowest BCUT2D eigenvalue weighted by molar-refractivity contribution is 0.340. The highest BCUT2D eigenvalue weighted by atomic mass is 35.5. The summed E-state index contributed by atoms with van der Waals surface area (Å²) in [6.07, 6.45) is 0.400. The first kappa shape index (κ1) is 24.5. The van der Waals surface area contributed by atoms with Crippen LogP contribution < -0.4 is 14.9 Å². The van der Waals surface area contributed by atoms with Crippen LogP contribution in [0.15, 0.2) is 76.7 Å². The van der Waals surface area contributed by atoms with Crippen molar-refractivity contribution in [3.8, 4) is 5.75 Å². The molecule has 3 aromatic carbocycles. The lowest BCUT2D eigenvalue weighted by Crippen LogP contribution is -2.34. The second-order valence-corrected chi connectivity index (χ2v) is 10.2. The Hall–Kier alpha value is -2.65. The fourth-order valence-corrected chi connectivity index (χ4v) is 5.53. The number of nitrogens with one attached hydrogen (secondary N) is 2. The zero-order valence-electron chi connectivity index (χ0n) is 18.1. The summed E-state index contributed by atoms with van der Waals surface area (Å²) in [4.78, 5) is -0.459. The van der Waals surface area contributed by atoms with E-state index in [0.29, 0.717) is 29.3 Å². The molecule has 0 radical (unpaired) electrons. The van der Waals surface area contributed by atoms with E-state index in [1.807, 2.05) is 31.2 Å². The molecule has 2 atom stereocenters. The van der Waals surface area contributed by atoms with Gasteiger partial charge in [0.1, 0.15) is 16.5 Å². The van der Waals surface area contributed by atoms with Crippen molar-refractivity contribution in [1.29, 1.82) is 0 Å². The van der Waals surface area contributed by atoms with E-state index in [4.69, 9.17) is 27.9 Å². The molecule has 0 saturated carbocycles. The summed E-state index contributed by atoms with van der Waals surface area (Å²) >= 11 is 12.5. The van der Waals surface area contributed by atoms with Crippen molar-refractivity contribution in [2.75, 3.05) is 6.61 Å². The van der Waals surface area contributed by atoms with Gasteiger partial charge >= 0.3 is 0 Å². The van der Waals surface area contributed by atoms with Crippen LogP contribution in [0.3, 0.4) is 0 Å². The third kappa shape index (κ3) is 5.36. The summed E-state index contributed by atoms with van der Waals surface area (Å²) in [7, 11) is -4.24. The molecule has 34 heavy (non-hydrogen) atoms. The van der Waals surface area contributed by atoms with Crippen LogP contribution in [0.2, 0.25) is 10.0 Å². The van der Waals surface area contributed by atoms with Crippen molar-refractivity contribution >= 4 is 38.9 Å². The highest BCUT2D eigenvalue weighted by Crippen LogP contribution is 2.34. The third-order valence-electron chi connectivity index (χ3n) is 5.38. The standard InChI is InChI=1S/C24H22Cl2FN3O3S/c1-2-33-17-10-7-15(8-11-17)21-14-22(29-28-21)24(18-12-9-16(25)13-19(18)26)30-34(31,32)23-6-4-3-5-20(23)27/h3-13,21,24,28,30H,2,14H2,1H3. The summed E-state index contributed by atoms with van der Waals surface area (Å²) in [6.45, 7) is 2.48. The van der Waals surface area contributed by atoms with Crippen LogP contribution in [0, 0.1) is 5.82 Å². The van der Waals surface area contributed by atoms with Crippen molar-refractivity contribution in [2.45, 2.75) is 30.3 Å². The van der Waals surface area contributed by atoms with E-state index >= 15 is 0 Å². The number of halogens is 3. The first-order valence-electron chi connectivity index (χ1n) is 10.5. The Morgan fingerprint density at radius 2 is 1.88 bits per heavy atom. The number of hydrogen-bond donors (Lipinski definition) is 2. The lowest BCUT2D eigenvalue weighted by atomic mass is 9.96. The highest BCUT2D eigenvalue weighted by Gasteiger charge is 2.33. The van der Waals surface area contributed by atoms with Crippen LogP contribution >= 0.6 is 23.2 Å². The maximum atomic E-state index is 14.3. The van der Waals surface area contributed by atoms with Crippen LogP contribution in [0.1, 0.15) is 36.6 Å². The molecule has 6 nitrogen and oxygen atoms in total. The topological polar surface area (TPSA) is 79.8 Å². The average molecular weight is 522 g/mol. The smallest absolute Gasteiger partial charge is 0.244 e. The molecule has 4 rings (SSSR count). The maximum absolute atomic E-state index is 14.3. The molecule has 178 valence electrons. The Morgan fingerprint density at radius 3 is 2.56 bits per heavy atom. The van der Waals surface area contributed by atoms with Gasteiger partial charge in [-0.05, 0) is 54.4 Å². The monoisotopic (exact) mass is 521 g/mol. The Kier molecular flexibility index (Phi) is 7.42.